The molecule has 0 saturated heterocycles. The van der Waals surface area contributed by atoms with Crippen LogP contribution in [0, 0.1) is 16.7 Å². The van der Waals surface area contributed by atoms with E-state index in [9.17, 15) is 0 Å². The van der Waals surface area contributed by atoms with Gasteiger partial charge in [-0.1, -0.05) is 25.9 Å². The Kier molecular flexibility index (Phi) is 3.07. The molecule has 1 aromatic rings. The van der Waals surface area contributed by atoms with E-state index in [0.717, 1.165) is 12.3 Å². The van der Waals surface area contributed by atoms with Crippen LogP contribution in [0.3, 0.4) is 0 Å². The van der Waals surface area contributed by atoms with Gasteiger partial charge in [0.1, 0.15) is 11.8 Å². The molecule has 0 aromatic carbocycles. The molecule has 1 heterocycles. The summed E-state index contributed by atoms with van der Waals surface area (Å²) in [6, 6.07) is 0. The highest BCUT2D eigenvalue weighted by atomic mass is 16.5. The highest BCUT2D eigenvalue weighted by molar-refractivity contribution is 5.94. The summed E-state index contributed by atoms with van der Waals surface area (Å²) in [6.07, 6.45) is 6.74. The van der Waals surface area contributed by atoms with Crippen LogP contribution < -0.4 is 10.5 Å². The van der Waals surface area contributed by atoms with Gasteiger partial charge in [-0.2, -0.15) is 0 Å². The minimum absolute atomic E-state index is 0.0536. The zero-order chi connectivity index (χ0) is 15.3. The Hall–Kier alpha value is -1.85. The highest BCUT2D eigenvalue weighted by Crippen LogP contribution is 2.66. The van der Waals surface area contributed by atoms with Gasteiger partial charge in [0, 0.05) is 5.41 Å². The predicted molar refractivity (Wildman–Crippen MR) is 78.2 cm³/mol. The zero-order valence-electron chi connectivity index (χ0n) is 12.7. The van der Waals surface area contributed by atoms with Gasteiger partial charge in [-0.15, -0.1) is 0 Å². The lowest BCUT2D eigenvalue weighted by atomic mass is 9.70. The van der Waals surface area contributed by atoms with Crippen LogP contribution in [0.4, 0.5) is 0 Å². The van der Waals surface area contributed by atoms with Gasteiger partial charge in [0.25, 0.3) is 0 Å². The number of hydrogen-bond acceptors (Lipinski definition) is 5. The molecule has 2 fully saturated rings. The number of fused-ring (bicyclic) bond motifs is 2. The Morgan fingerprint density at radius 2 is 2.14 bits per heavy atom. The van der Waals surface area contributed by atoms with E-state index in [2.05, 4.69) is 35.9 Å². The molecule has 2 aliphatic rings. The minimum atomic E-state index is -0.0536. The molecule has 0 spiro atoms. The fraction of sp³-hybridized carbons (Fsp3) is 0.667. The molecule has 1 aromatic heterocycles. The summed E-state index contributed by atoms with van der Waals surface area (Å²) < 4.78 is 6.10. The van der Waals surface area contributed by atoms with Gasteiger partial charge in [-0.25, -0.2) is 9.97 Å². The third-order valence-corrected chi connectivity index (χ3v) is 5.98. The van der Waals surface area contributed by atoms with E-state index in [0.29, 0.717) is 17.0 Å². The van der Waals surface area contributed by atoms with Gasteiger partial charge in [0.15, 0.2) is 5.84 Å². The van der Waals surface area contributed by atoms with Crippen molar-refractivity contribution in [1.29, 1.82) is 0 Å². The molecular weight excluding hydrogens is 268 g/mol. The van der Waals surface area contributed by atoms with Crippen LogP contribution in [0.5, 0.6) is 5.88 Å². The number of rotatable bonds is 3. The molecule has 6 nitrogen and oxygen atoms in total. The molecule has 2 bridgehead atoms. The van der Waals surface area contributed by atoms with Crippen LogP contribution >= 0.6 is 0 Å². The number of amidine groups is 1. The van der Waals surface area contributed by atoms with Gasteiger partial charge >= 0.3 is 0 Å². The first-order valence-electron chi connectivity index (χ1n) is 7.35. The normalized spacial score (nSPS) is 34.1. The van der Waals surface area contributed by atoms with Crippen LogP contribution in [0.2, 0.25) is 0 Å². The van der Waals surface area contributed by atoms with Crippen molar-refractivity contribution in [3.05, 3.63) is 18.1 Å². The zero-order valence-corrected chi connectivity index (χ0v) is 12.7. The van der Waals surface area contributed by atoms with E-state index in [1.54, 1.807) is 0 Å². The van der Waals surface area contributed by atoms with Crippen LogP contribution in [-0.4, -0.2) is 27.1 Å². The minimum Gasteiger partial charge on any atom is -0.473 e. The van der Waals surface area contributed by atoms with Gasteiger partial charge in [0.05, 0.1) is 12.4 Å². The lowest BCUT2D eigenvalue weighted by Crippen LogP contribution is -2.39. The Balaban J connectivity index is 1.77. The molecule has 3 rings (SSSR count). The van der Waals surface area contributed by atoms with Crippen molar-refractivity contribution in [2.24, 2.45) is 27.6 Å². The van der Waals surface area contributed by atoms with Gasteiger partial charge in [-0.3, -0.25) is 0 Å². The Morgan fingerprint density at radius 1 is 1.38 bits per heavy atom. The SMILES string of the molecule is CC1(C)C2CCC1(C)C(Oc1cnc(C(N)=NO)cn1)C2. The van der Waals surface area contributed by atoms with Crippen molar-refractivity contribution in [3.8, 4) is 5.88 Å². The van der Waals surface area contributed by atoms with Gasteiger partial charge in [-0.05, 0) is 30.6 Å². The van der Waals surface area contributed by atoms with Crippen LogP contribution in [-0.2, 0) is 0 Å². The van der Waals surface area contributed by atoms with E-state index < -0.39 is 0 Å². The third kappa shape index (κ3) is 1.96. The van der Waals surface area contributed by atoms with Crippen LogP contribution in [0.25, 0.3) is 0 Å². The average Bonchev–Trinajstić information content (AvgIpc) is 2.80. The maximum atomic E-state index is 8.61. The standard InChI is InChI=1S/C15H22N4O2/c1-14(2)9-4-5-15(14,3)11(6-9)21-12-8-17-10(7-18-12)13(16)19-20/h7-9,11,20H,4-6H2,1-3H3,(H2,16,19). The highest BCUT2D eigenvalue weighted by Gasteiger charge is 2.62. The number of aromatic nitrogens is 2. The fourth-order valence-corrected chi connectivity index (χ4v) is 4.01. The van der Waals surface area contributed by atoms with Crippen LogP contribution in [0.1, 0.15) is 45.7 Å². The number of hydrogen-bond donors (Lipinski definition) is 2. The first-order valence-corrected chi connectivity index (χ1v) is 7.35. The molecule has 2 aliphatic carbocycles. The summed E-state index contributed by atoms with van der Waals surface area (Å²) in [4.78, 5) is 8.33. The monoisotopic (exact) mass is 290 g/mol. The van der Waals surface area contributed by atoms with Gasteiger partial charge in [0.2, 0.25) is 5.88 Å². The van der Waals surface area contributed by atoms with E-state index in [4.69, 9.17) is 15.7 Å². The van der Waals surface area contributed by atoms with E-state index in [-0.39, 0.29) is 17.4 Å². The summed E-state index contributed by atoms with van der Waals surface area (Å²) in [5.74, 6) is 1.16. The summed E-state index contributed by atoms with van der Waals surface area (Å²) in [5.41, 5.74) is 6.30. The summed E-state index contributed by atoms with van der Waals surface area (Å²) in [5, 5.41) is 11.5. The van der Waals surface area contributed by atoms with Crippen molar-refractivity contribution < 1.29 is 9.94 Å². The lowest BCUT2D eigenvalue weighted by Gasteiger charge is -2.38. The van der Waals surface area contributed by atoms with E-state index >= 15 is 0 Å². The molecule has 2 saturated carbocycles. The summed E-state index contributed by atoms with van der Waals surface area (Å²) >= 11 is 0. The van der Waals surface area contributed by atoms with Gasteiger partial charge < -0.3 is 15.7 Å². The Bertz CT molecular complexity index is 570. The predicted octanol–water partition coefficient (Wildman–Crippen LogP) is 2.16. The summed E-state index contributed by atoms with van der Waals surface area (Å²) in [7, 11) is 0. The molecule has 3 atom stereocenters. The fourth-order valence-electron chi connectivity index (χ4n) is 4.01. The molecular formula is C15H22N4O2. The molecule has 114 valence electrons. The Labute approximate surface area is 124 Å². The van der Waals surface area contributed by atoms with E-state index in [1.165, 1.54) is 25.2 Å². The van der Waals surface area contributed by atoms with Crippen molar-refractivity contribution in [2.45, 2.75) is 46.1 Å². The molecule has 21 heavy (non-hydrogen) atoms. The number of oxime groups is 1. The van der Waals surface area contributed by atoms with E-state index in [1.807, 2.05) is 0 Å². The Morgan fingerprint density at radius 3 is 2.62 bits per heavy atom. The maximum absolute atomic E-state index is 8.61. The molecule has 0 amide bonds. The maximum Gasteiger partial charge on any atom is 0.232 e. The second-order valence-electron chi connectivity index (χ2n) is 6.94. The smallest absolute Gasteiger partial charge is 0.232 e. The van der Waals surface area contributed by atoms with Crippen molar-refractivity contribution in [1.82, 2.24) is 9.97 Å². The molecule has 6 heteroatoms. The van der Waals surface area contributed by atoms with Crippen LogP contribution in [0.15, 0.2) is 17.5 Å². The summed E-state index contributed by atoms with van der Waals surface area (Å²) in [6.45, 7) is 7.02. The quantitative estimate of drug-likeness (QED) is 0.385. The topological polar surface area (TPSA) is 93.6 Å². The third-order valence-electron chi connectivity index (χ3n) is 5.98. The average molecular weight is 290 g/mol. The van der Waals surface area contributed by atoms with Crippen molar-refractivity contribution in [3.63, 3.8) is 0 Å². The number of ether oxygens (including phenoxy) is 1. The van der Waals surface area contributed by atoms with Crippen molar-refractivity contribution >= 4 is 5.84 Å². The first-order chi connectivity index (χ1) is 9.88. The molecule has 0 aliphatic heterocycles. The first kappa shape index (κ1) is 14.1. The molecule has 3 N–H and O–H groups in total. The largest absolute Gasteiger partial charge is 0.473 e. The second-order valence-corrected chi connectivity index (χ2v) is 6.94. The number of nitrogens with two attached hydrogens (primary N) is 1. The lowest BCUT2D eigenvalue weighted by molar-refractivity contribution is 0.0270. The molecule has 0 radical (unpaired) electrons. The molecule has 3 unspecified atom stereocenters. The van der Waals surface area contributed by atoms with Crippen molar-refractivity contribution in [2.75, 3.05) is 0 Å². The number of nitrogens with zero attached hydrogens (tertiary/aromatic N) is 3. The second kappa shape index (κ2) is 4.58.